The largest absolute Gasteiger partial charge is 0.333 e. The third kappa shape index (κ3) is 3.62. The molecule has 130 valence electrons. The van der Waals surface area contributed by atoms with Crippen LogP contribution in [0.3, 0.4) is 0 Å². The Labute approximate surface area is 151 Å². The first-order valence-corrected chi connectivity index (χ1v) is 9.56. The van der Waals surface area contributed by atoms with E-state index in [1.807, 2.05) is 42.5 Å². The van der Waals surface area contributed by atoms with Crippen LogP contribution in [0, 0.1) is 6.92 Å². The van der Waals surface area contributed by atoms with Gasteiger partial charge in [-0.05, 0) is 32.4 Å². The molecule has 1 aliphatic heterocycles. The molecule has 4 heterocycles. The van der Waals surface area contributed by atoms with Crippen molar-refractivity contribution in [1.82, 2.24) is 29.4 Å². The summed E-state index contributed by atoms with van der Waals surface area (Å²) in [7, 11) is 2.00. The zero-order chi connectivity index (χ0) is 17.2. The predicted molar refractivity (Wildman–Crippen MR) is 98.3 cm³/mol. The minimum Gasteiger partial charge on any atom is -0.333 e. The number of imidazole rings is 1. The Hall–Kier alpha value is -2.12. The van der Waals surface area contributed by atoms with E-state index in [2.05, 4.69) is 20.2 Å². The Morgan fingerprint density at radius 1 is 1.28 bits per heavy atom. The van der Waals surface area contributed by atoms with Crippen LogP contribution in [0.2, 0.25) is 0 Å². The highest BCUT2D eigenvalue weighted by Gasteiger charge is 2.25. The highest BCUT2D eigenvalue weighted by molar-refractivity contribution is 7.07. The molecule has 4 rings (SSSR count). The molecule has 3 aromatic rings. The van der Waals surface area contributed by atoms with Crippen LogP contribution >= 0.6 is 11.3 Å². The van der Waals surface area contributed by atoms with Crippen molar-refractivity contribution in [2.75, 3.05) is 13.1 Å². The molecule has 0 unspecified atom stereocenters. The van der Waals surface area contributed by atoms with Crippen molar-refractivity contribution in [2.45, 2.75) is 32.2 Å². The lowest BCUT2D eigenvalue weighted by Crippen LogP contribution is -2.34. The average Bonchev–Trinajstić information content (AvgIpc) is 3.26. The van der Waals surface area contributed by atoms with Crippen LogP contribution in [0.4, 0.5) is 0 Å². The first-order chi connectivity index (χ1) is 12.2. The van der Waals surface area contributed by atoms with Gasteiger partial charge in [0.25, 0.3) is 0 Å². The molecule has 0 radical (unpaired) electrons. The van der Waals surface area contributed by atoms with Crippen molar-refractivity contribution < 1.29 is 0 Å². The van der Waals surface area contributed by atoms with E-state index >= 15 is 0 Å². The fourth-order valence-corrected chi connectivity index (χ4v) is 4.01. The van der Waals surface area contributed by atoms with E-state index in [9.17, 15) is 0 Å². The summed E-state index contributed by atoms with van der Waals surface area (Å²) in [6.45, 7) is 5.05. The number of aryl methyl sites for hydroxylation is 2. The lowest BCUT2D eigenvalue weighted by atomic mass is 9.96. The van der Waals surface area contributed by atoms with Crippen LogP contribution in [-0.2, 0) is 13.6 Å². The molecule has 3 aromatic heterocycles. The SMILES string of the molecule is Cc1cc(-c2nccn2C)nc([C@H]2CCCN(Cc3cscn3)C2)n1. The Kier molecular flexibility index (Phi) is 4.59. The van der Waals surface area contributed by atoms with Gasteiger partial charge in [-0.1, -0.05) is 0 Å². The molecule has 1 saturated heterocycles. The van der Waals surface area contributed by atoms with Crippen molar-refractivity contribution in [3.63, 3.8) is 0 Å². The minimum absolute atomic E-state index is 0.367. The van der Waals surface area contributed by atoms with E-state index in [4.69, 9.17) is 9.97 Å². The van der Waals surface area contributed by atoms with Crippen molar-refractivity contribution in [3.8, 4) is 11.5 Å². The molecule has 0 spiro atoms. The zero-order valence-corrected chi connectivity index (χ0v) is 15.4. The lowest BCUT2D eigenvalue weighted by molar-refractivity contribution is 0.195. The molecule has 25 heavy (non-hydrogen) atoms. The van der Waals surface area contributed by atoms with E-state index < -0.39 is 0 Å². The molecular formula is C18H22N6S. The van der Waals surface area contributed by atoms with E-state index in [0.29, 0.717) is 5.92 Å². The van der Waals surface area contributed by atoms with Crippen molar-refractivity contribution >= 4 is 11.3 Å². The van der Waals surface area contributed by atoms with Crippen LogP contribution in [0.5, 0.6) is 0 Å². The number of nitrogens with zero attached hydrogens (tertiary/aromatic N) is 6. The molecule has 7 heteroatoms. The highest BCUT2D eigenvalue weighted by Crippen LogP contribution is 2.27. The Bertz CT molecular complexity index is 841. The first kappa shape index (κ1) is 16.4. The molecule has 0 aromatic carbocycles. The summed E-state index contributed by atoms with van der Waals surface area (Å²) in [6.07, 6.45) is 6.06. The van der Waals surface area contributed by atoms with Gasteiger partial charge in [0.1, 0.15) is 11.5 Å². The summed E-state index contributed by atoms with van der Waals surface area (Å²) >= 11 is 1.66. The molecule has 1 fully saturated rings. The maximum absolute atomic E-state index is 4.86. The van der Waals surface area contributed by atoms with E-state index in [1.165, 1.54) is 6.42 Å². The number of hydrogen-bond acceptors (Lipinski definition) is 6. The minimum atomic E-state index is 0.367. The maximum Gasteiger partial charge on any atom is 0.158 e. The molecule has 0 aliphatic carbocycles. The number of thiazole rings is 1. The van der Waals surface area contributed by atoms with Gasteiger partial charge in [0.05, 0.1) is 11.2 Å². The number of hydrogen-bond donors (Lipinski definition) is 0. The molecular weight excluding hydrogens is 332 g/mol. The summed E-state index contributed by atoms with van der Waals surface area (Å²) in [5, 5.41) is 2.13. The van der Waals surface area contributed by atoms with Gasteiger partial charge in [-0.25, -0.2) is 19.9 Å². The molecule has 0 N–H and O–H groups in total. The Morgan fingerprint density at radius 2 is 2.20 bits per heavy atom. The van der Waals surface area contributed by atoms with Gasteiger partial charge in [-0.3, -0.25) is 4.90 Å². The molecule has 0 saturated carbocycles. The number of likely N-dealkylation sites (tertiary alicyclic amines) is 1. The van der Waals surface area contributed by atoms with Crippen LogP contribution in [0.15, 0.2) is 29.4 Å². The molecule has 0 bridgehead atoms. The van der Waals surface area contributed by atoms with Crippen molar-refractivity contribution in [3.05, 3.63) is 46.6 Å². The van der Waals surface area contributed by atoms with Crippen molar-refractivity contribution in [2.24, 2.45) is 7.05 Å². The lowest BCUT2D eigenvalue weighted by Gasteiger charge is -2.31. The van der Waals surface area contributed by atoms with Crippen LogP contribution < -0.4 is 0 Å². The van der Waals surface area contributed by atoms with Crippen LogP contribution in [0.1, 0.15) is 36.0 Å². The number of piperidine rings is 1. The summed E-state index contributed by atoms with van der Waals surface area (Å²) in [5.74, 6) is 2.20. The zero-order valence-electron chi connectivity index (χ0n) is 14.6. The van der Waals surface area contributed by atoms with Gasteiger partial charge in [-0.2, -0.15) is 0 Å². The highest BCUT2D eigenvalue weighted by atomic mass is 32.1. The van der Waals surface area contributed by atoms with Crippen LogP contribution in [0.25, 0.3) is 11.5 Å². The second-order valence-corrected chi connectivity index (χ2v) is 7.39. The Balaban J connectivity index is 1.56. The molecule has 6 nitrogen and oxygen atoms in total. The third-order valence-electron chi connectivity index (χ3n) is 4.66. The van der Waals surface area contributed by atoms with Gasteiger partial charge in [0.15, 0.2) is 5.82 Å². The summed E-state index contributed by atoms with van der Waals surface area (Å²) < 4.78 is 2.00. The van der Waals surface area contributed by atoms with Crippen LogP contribution in [-0.4, -0.2) is 42.5 Å². The maximum atomic E-state index is 4.86. The first-order valence-electron chi connectivity index (χ1n) is 8.62. The number of aromatic nitrogens is 5. The Morgan fingerprint density at radius 3 is 2.96 bits per heavy atom. The molecule has 0 amide bonds. The quantitative estimate of drug-likeness (QED) is 0.721. The normalized spacial score (nSPS) is 18.6. The van der Waals surface area contributed by atoms with E-state index in [1.54, 1.807) is 11.3 Å². The second kappa shape index (κ2) is 7.01. The van der Waals surface area contributed by atoms with Crippen molar-refractivity contribution in [1.29, 1.82) is 0 Å². The smallest absolute Gasteiger partial charge is 0.158 e. The molecule has 1 atom stereocenters. The third-order valence-corrected chi connectivity index (χ3v) is 5.30. The van der Waals surface area contributed by atoms with Gasteiger partial charge in [-0.15, -0.1) is 11.3 Å². The second-order valence-electron chi connectivity index (χ2n) is 6.67. The van der Waals surface area contributed by atoms with E-state index in [-0.39, 0.29) is 0 Å². The van der Waals surface area contributed by atoms with Gasteiger partial charge in [0.2, 0.25) is 0 Å². The van der Waals surface area contributed by atoms with E-state index in [0.717, 1.165) is 54.8 Å². The fourth-order valence-electron chi connectivity index (χ4n) is 3.46. The topological polar surface area (TPSA) is 59.7 Å². The average molecular weight is 354 g/mol. The monoisotopic (exact) mass is 354 g/mol. The summed E-state index contributed by atoms with van der Waals surface area (Å²) in [5.41, 5.74) is 4.97. The van der Waals surface area contributed by atoms with Gasteiger partial charge in [0, 0.05) is 49.5 Å². The van der Waals surface area contributed by atoms with Gasteiger partial charge >= 0.3 is 0 Å². The predicted octanol–water partition coefficient (Wildman–Crippen LogP) is 3.02. The van der Waals surface area contributed by atoms with Gasteiger partial charge < -0.3 is 4.57 Å². The summed E-state index contributed by atoms with van der Waals surface area (Å²) in [4.78, 5) is 20.9. The standard InChI is InChI=1S/C18H22N6S/c1-13-8-16(18-19-5-7-23(18)2)22-17(21-13)14-4-3-6-24(9-14)10-15-11-25-12-20-15/h5,7-8,11-12,14H,3-4,6,9-10H2,1-2H3/t14-/m0/s1. The summed E-state index contributed by atoms with van der Waals surface area (Å²) in [6, 6.07) is 2.02. The fraction of sp³-hybridized carbons (Fsp3) is 0.444. The number of rotatable bonds is 4. The molecule has 1 aliphatic rings.